The van der Waals surface area contributed by atoms with Crippen molar-refractivity contribution in [3.8, 4) is 0 Å². The molecule has 0 bridgehead atoms. The van der Waals surface area contributed by atoms with Crippen molar-refractivity contribution in [2.24, 2.45) is 0 Å². The third-order valence-electron chi connectivity index (χ3n) is 5.73. The Bertz CT molecular complexity index is 1260. The van der Waals surface area contributed by atoms with E-state index in [1.165, 1.54) is 0 Å². The molecule has 1 aliphatic rings. The van der Waals surface area contributed by atoms with Crippen LogP contribution in [0, 0.1) is 0 Å². The van der Waals surface area contributed by atoms with Gasteiger partial charge in [-0.15, -0.1) is 0 Å². The summed E-state index contributed by atoms with van der Waals surface area (Å²) in [4.78, 5) is 27.4. The van der Waals surface area contributed by atoms with Crippen molar-refractivity contribution in [3.05, 3.63) is 95.2 Å². The molecular formula is C25H22N4O2. The zero-order valence-electron chi connectivity index (χ0n) is 17.0. The number of hydrogen-bond acceptors (Lipinski definition) is 3. The zero-order chi connectivity index (χ0) is 21.2. The highest BCUT2D eigenvalue weighted by atomic mass is 16.2. The molecule has 0 saturated heterocycles. The van der Waals surface area contributed by atoms with Crippen molar-refractivity contribution in [2.75, 3.05) is 11.9 Å². The molecule has 0 spiro atoms. The number of hydrogen-bond donors (Lipinski definition) is 2. The number of nitrogens with one attached hydrogen (secondary N) is 2. The zero-order valence-corrected chi connectivity index (χ0v) is 17.0. The molecule has 0 aliphatic carbocycles. The maximum atomic E-state index is 12.8. The van der Waals surface area contributed by atoms with E-state index in [4.69, 9.17) is 0 Å². The van der Waals surface area contributed by atoms with Crippen LogP contribution in [0.4, 0.5) is 5.82 Å². The molecular weight excluding hydrogens is 388 g/mol. The number of benzene rings is 3. The van der Waals surface area contributed by atoms with E-state index in [-0.39, 0.29) is 18.2 Å². The van der Waals surface area contributed by atoms with Gasteiger partial charge < -0.3 is 10.2 Å². The van der Waals surface area contributed by atoms with Crippen LogP contribution in [0.15, 0.2) is 72.8 Å². The number of H-pyrrole nitrogens is 1. The molecule has 6 heteroatoms. The lowest BCUT2D eigenvalue weighted by molar-refractivity contribution is -0.115. The fraction of sp³-hybridized carbons (Fsp3) is 0.160. The Morgan fingerprint density at radius 1 is 0.968 bits per heavy atom. The average molecular weight is 410 g/mol. The summed E-state index contributed by atoms with van der Waals surface area (Å²) in [6.07, 6.45) is 0.940. The summed E-state index contributed by atoms with van der Waals surface area (Å²) in [5.41, 5.74) is 3.48. The van der Waals surface area contributed by atoms with Gasteiger partial charge in [0.05, 0.1) is 13.0 Å². The van der Waals surface area contributed by atoms with Crippen LogP contribution >= 0.6 is 0 Å². The van der Waals surface area contributed by atoms with Crippen LogP contribution in [0.25, 0.3) is 10.8 Å². The van der Waals surface area contributed by atoms with Crippen molar-refractivity contribution < 1.29 is 9.59 Å². The molecule has 0 atom stereocenters. The Kier molecular flexibility index (Phi) is 4.96. The van der Waals surface area contributed by atoms with Gasteiger partial charge >= 0.3 is 0 Å². The van der Waals surface area contributed by atoms with Crippen molar-refractivity contribution in [1.82, 2.24) is 15.1 Å². The van der Waals surface area contributed by atoms with Crippen LogP contribution in [0.3, 0.4) is 0 Å². The van der Waals surface area contributed by atoms with Gasteiger partial charge in [-0.3, -0.25) is 14.7 Å². The van der Waals surface area contributed by atoms with Crippen molar-refractivity contribution in [1.29, 1.82) is 0 Å². The smallest absolute Gasteiger partial charge is 0.254 e. The second kappa shape index (κ2) is 8.07. The molecule has 3 aromatic carbocycles. The number of fused-ring (bicyclic) bond motifs is 2. The molecule has 31 heavy (non-hydrogen) atoms. The van der Waals surface area contributed by atoms with Gasteiger partial charge in [0.15, 0.2) is 5.82 Å². The number of anilines is 1. The van der Waals surface area contributed by atoms with Crippen LogP contribution in [0.5, 0.6) is 0 Å². The largest absolute Gasteiger partial charge is 0.334 e. The van der Waals surface area contributed by atoms with Crippen molar-refractivity contribution in [3.63, 3.8) is 0 Å². The summed E-state index contributed by atoms with van der Waals surface area (Å²) in [6, 6.07) is 23.3. The lowest BCUT2D eigenvalue weighted by Crippen LogP contribution is -2.36. The standard InChI is InChI=1S/C25H22N4O2/c30-23(15-19-11-6-10-17-7-4-5-12-20(17)19)26-24-21-16-29(14-13-22(21)27-28-24)25(31)18-8-2-1-3-9-18/h1-12H,13-16H2,(H2,26,27,28,30). The number of amides is 2. The molecule has 1 aliphatic heterocycles. The number of nitrogens with zero attached hydrogens (tertiary/aromatic N) is 2. The topological polar surface area (TPSA) is 78.1 Å². The Balaban J connectivity index is 1.32. The van der Waals surface area contributed by atoms with Crippen LogP contribution in [-0.2, 0) is 24.2 Å². The highest BCUT2D eigenvalue weighted by Gasteiger charge is 2.26. The quantitative estimate of drug-likeness (QED) is 0.535. The van der Waals surface area contributed by atoms with Gasteiger partial charge in [0.2, 0.25) is 5.91 Å². The summed E-state index contributed by atoms with van der Waals surface area (Å²) < 4.78 is 0. The Hall–Kier alpha value is -3.93. The lowest BCUT2D eigenvalue weighted by atomic mass is 10.0. The maximum absolute atomic E-state index is 12.8. The van der Waals surface area contributed by atoms with Crippen LogP contribution < -0.4 is 5.32 Å². The van der Waals surface area contributed by atoms with Gasteiger partial charge in [0.25, 0.3) is 5.91 Å². The van der Waals surface area contributed by atoms with Gasteiger partial charge in [-0.25, -0.2) is 0 Å². The van der Waals surface area contributed by atoms with E-state index in [1.54, 1.807) is 4.90 Å². The first kappa shape index (κ1) is 19.1. The van der Waals surface area contributed by atoms with Gasteiger partial charge in [-0.2, -0.15) is 5.10 Å². The summed E-state index contributed by atoms with van der Waals surface area (Å²) >= 11 is 0. The molecule has 2 heterocycles. The minimum absolute atomic E-state index is 0.0134. The van der Waals surface area contributed by atoms with E-state index in [0.717, 1.165) is 27.6 Å². The first-order chi connectivity index (χ1) is 15.2. The normalized spacial score (nSPS) is 13.1. The fourth-order valence-electron chi connectivity index (χ4n) is 4.13. The van der Waals surface area contributed by atoms with Crippen LogP contribution in [0.1, 0.15) is 27.2 Å². The monoisotopic (exact) mass is 410 g/mol. The van der Waals surface area contributed by atoms with Gasteiger partial charge in [0.1, 0.15) is 0 Å². The number of rotatable bonds is 4. The molecule has 4 aromatic rings. The highest BCUT2D eigenvalue weighted by molar-refractivity contribution is 5.97. The minimum atomic E-state index is -0.128. The van der Waals surface area contributed by atoms with E-state index >= 15 is 0 Å². The number of carbonyl (C=O) groups excluding carboxylic acids is 2. The summed E-state index contributed by atoms with van der Waals surface area (Å²) in [5.74, 6) is 0.364. The molecule has 1 aromatic heterocycles. The van der Waals surface area contributed by atoms with E-state index in [1.807, 2.05) is 72.8 Å². The Morgan fingerprint density at radius 2 is 1.74 bits per heavy atom. The maximum Gasteiger partial charge on any atom is 0.254 e. The Labute approximate surface area is 179 Å². The molecule has 2 N–H and O–H groups in total. The third kappa shape index (κ3) is 3.80. The summed E-state index contributed by atoms with van der Waals surface area (Å²) in [7, 11) is 0. The fourth-order valence-corrected chi connectivity index (χ4v) is 4.13. The molecule has 154 valence electrons. The van der Waals surface area contributed by atoms with Crippen molar-refractivity contribution >= 4 is 28.4 Å². The van der Waals surface area contributed by atoms with E-state index in [9.17, 15) is 9.59 Å². The minimum Gasteiger partial charge on any atom is -0.334 e. The van der Waals surface area contributed by atoms with Gasteiger partial charge in [-0.05, 0) is 28.5 Å². The SMILES string of the molecule is O=C(Cc1cccc2ccccc12)Nc1n[nH]c2c1CN(C(=O)c1ccccc1)CC2. The first-order valence-electron chi connectivity index (χ1n) is 10.4. The second-order valence-electron chi connectivity index (χ2n) is 7.74. The Morgan fingerprint density at radius 3 is 2.61 bits per heavy atom. The molecule has 0 fully saturated rings. The third-order valence-corrected chi connectivity index (χ3v) is 5.73. The van der Waals surface area contributed by atoms with Gasteiger partial charge in [0, 0.05) is 29.8 Å². The highest BCUT2D eigenvalue weighted by Crippen LogP contribution is 2.26. The number of aromatic nitrogens is 2. The van der Waals surface area contributed by atoms with Gasteiger partial charge in [-0.1, -0.05) is 60.7 Å². The molecule has 0 unspecified atom stereocenters. The van der Waals surface area contributed by atoms with Crippen molar-refractivity contribution in [2.45, 2.75) is 19.4 Å². The predicted molar refractivity (Wildman–Crippen MR) is 120 cm³/mol. The lowest BCUT2D eigenvalue weighted by Gasteiger charge is -2.27. The van der Waals surface area contributed by atoms with Crippen LogP contribution in [0.2, 0.25) is 0 Å². The summed E-state index contributed by atoms with van der Waals surface area (Å²) in [5, 5.41) is 12.5. The molecule has 0 saturated carbocycles. The van der Waals surface area contributed by atoms with E-state index in [0.29, 0.717) is 30.9 Å². The van der Waals surface area contributed by atoms with Crippen LogP contribution in [-0.4, -0.2) is 33.5 Å². The first-order valence-corrected chi connectivity index (χ1v) is 10.4. The summed E-state index contributed by atoms with van der Waals surface area (Å²) in [6.45, 7) is 1.04. The molecule has 5 rings (SSSR count). The number of aromatic amines is 1. The molecule has 6 nitrogen and oxygen atoms in total. The molecule has 0 radical (unpaired) electrons. The predicted octanol–water partition coefficient (Wildman–Crippen LogP) is 3.94. The van der Waals surface area contributed by atoms with E-state index < -0.39 is 0 Å². The average Bonchev–Trinajstić information content (AvgIpc) is 3.21. The molecule has 2 amide bonds. The number of carbonyl (C=O) groups is 2. The van der Waals surface area contributed by atoms with E-state index in [2.05, 4.69) is 15.5 Å². The second-order valence-corrected chi connectivity index (χ2v) is 7.74.